The van der Waals surface area contributed by atoms with Crippen LogP contribution >= 0.6 is 0 Å². The zero-order valence-corrected chi connectivity index (χ0v) is 16.2. The van der Waals surface area contributed by atoms with E-state index in [1.54, 1.807) is 7.11 Å². The minimum atomic E-state index is -0.245. The van der Waals surface area contributed by atoms with Crippen LogP contribution in [-0.2, 0) is 0 Å². The van der Waals surface area contributed by atoms with Crippen LogP contribution in [0.5, 0.6) is 11.5 Å². The van der Waals surface area contributed by atoms with E-state index < -0.39 is 0 Å². The molecule has 2 aliphatic heterocycles. The number of rotatable bonds is 6. The van der Waals surface area contributed by atoms with E-state index in [9.17, 15) is 0 Å². The Balaban J connectivity index is 1.45. The summed E-state index contributed by atoms with van der Waals surface area (Å²) >= 11 is 0. The summed E-state index contributed by atoms with van der Waals surface area (Å²) in [5.41, 5.74) is 2.05. The molecule has 1 atom stereocenters. The largest absolute Gasteiger partial charge is 0.496 e. The normalized spacial score (nSPS) is 19.3. The summed E-state index contributed by atoms with van der Waals surface area (Å²) in [6, 6.07) is 9.71. The monoisotopic (exact) mass is 393 g/mol. The fourth-order valence-corrected chi connectivity index (χ4v) is 3.36. The molecule has 1 aromatic carbocycles. The summed E-state index contributed by atoms with van der Waals surface area (Å²) in [5, 5.41) is 22.7. The Kier molecular flexibility index (Phi) is 5.72. The van der Waals surface area contributed by atoms with Crippen molar-refractivity contribution in [2.45, 2.75) is 25.1 Å². The van der Waals surface area contributed by atoms with Gasteiger partial charge < -0.3 is 20.1 Å². The number of piperidine rings is 1. The van der Waals surface area contributed by atoms with Gasteiger partial charge in [0.05, 0.1) is 25.6 Å². The number of aliphatic imine (C=N–C) groups is 2. The molecule has 3 N–H and O–H groups in total. The van der Waals surface area contributed by atoms with Gasteiger partial charge in [0, 0.05) is 17.7 Å². The molecule has 9 nitrogen and oxygen atoms in total. The summed E-state index contributed by atoms with van der Waals surface area (Å²) in [5.74, 6) is 2.17. The molecule has 9 heteroatoms. The fraction of sp³-hybridized carbons (Fsp3) is 0.400. The maximum absolute atomic E-state index is 8.82. The highest BCUT2D eigenvalue weighted by atomic mass is 16.5. The molecule has 1 fully saturated rings. The molecular weight excluding hydrogens is 370 g/mol. The van der Waals surface area contributed by atoms with E-state index in [2.05, 4.69) is 30.8 Å². The topological polar surface area (TPSA) is 120 Å². The van der Waals surface area contributed by atoms with E-state index in [1.165, 1.54) is 6.21 Å². The van der Waals surface area contributed by atoms with Crippen molar-refractivity contribution in [1.29, 1.82) is 5.26 Å². The Morgan fingerprint density at radius 3 is 2.83 bits per heavy atom. The number of methoxy groups -OCH3 is 1. The molecule has 1 unspecified atom stereocenters. The maximum Gasteiger partial charge on any atom is 0.153 e. The predicted octanol–water partition coefficient (Wildman–Crippen LogP) is 2.00. The number of ether oxygens (including phenoxy) is 2. The first-order chi connectivity index (χ1) is 14.2. The van der Waals surface area contributed by atoms with Crippen molar-refractivity contribution in [1.82, 2.24) is 15.5 Å². The lowest BCUT2D eigenvalue weighted by Gasteiger charge is -2.24. The van der Waals surface area contributed by atoms with Gasteiger partial charge in [-0.05, 0) is 38.1 Å². The molecular formula is C20H23N7O2. The number of benzene rings is 1. The number of nitrogens with one attached hydrogen (secondary N) is 3. The average molecular weight is 393 g/mol. The van der Waals surface area contributed by atoms with Crippen LogP contribution in [0, 0.1) is 11.3 Å². The lowest BCUT2D eigenvalue weighted by Crippen LogP contribution is -2.34. The maximum atomic E-state index is 8.82. The summed E-state index contributed by atoms with van der Waals surface area (Å²) in [6.45, 7) is 2.36. The van der Waals surface area contributed by atoms with Crippen LogP contribution in [0.3, 0.4) is 0 Å². The quantitative estimate of drug-likeness (QED) is 0.690. The third-order valence-corrected chi connectivity index (χ3v) is 4.87. The minimum Gasteiger partial charge on any atom is -0.496 e. The van der Waals surface area contributed by atoms with Crippen molar-refractivity contribution >= 4 is 17.7 Å². The number of anilines is 1. The van der Waals surface area contributed by atoms with Gasteiger partial charge in [0.2, 0.25) is 0 Å². The van der Waals surface area contributed by atoms with Crippen LogP contribution in [0.4, 0.5) is 5.82 Å². The van der Waals surface area contributed by atoms with Crippen LogP contribution < -0.4 is 20.1 Å². The predicted molar refractivity (Wildman–Crippen MR) is 111 cm³/mol. The SMILES string of the molecule is COc1cc(OC2CCNCC2)ccc1-c1cc(NC2CN=C(C#N)C=N2)n[nH]1. The Bertz CT molecular complexity index is 954. The van der Waals surface area contributed by atoms with Crippen LogP contribution in [0.15, 0.2) is 34.3 Å². The lowest BCUT2D eigenvalue weighted by molar-refractivity contribution is 0.162. The number of nitrogens with zero attached hydrogens (tertiary/aromatic N) is 4. The number of aromatic nitrogens is 2. The summed E-state index contributed by atoms with van der Waals surface area (Å²) in [4.78, 5) is 8.41. The minimum absolute atomic E-state index is 0.231. The second kappa shape index (κ2) is 8.75. The van der Waals surface area contributed by atoms with Gasteiger partial charge in [0.25, 0.3) is 0 Å². The van der Waals surface area contributed by atoms with Gasteiger partial charge in [-0.1, -0.05) is 0 Å². The van der Waals surface area contributed by atoms with E-state index in [4.69, 9.17) is 14.7 Å². The van der Waals surface area contributed by atoms with Crippen LogP contribution in [-0.4, -0.2) is 61.1 Å². The average Bonchev–Trinajstić information content (AvgIpc) is 3.23. The highest BCUT2D eigenvalue weighted by Crippen LogP contribution is 2.34. The lowest BCUT2D eigenvalue weighted by atomic mass is 10.1. The van der Waals surface area contributed by atoms with Crippen molar-refractivity contribution in [3.63, 3.8) is 0 Å². The fourth-order valence-electron chi connectivity index (χ4n) is 3.36. The molecule has 29 heavy (non-hydrogen) atoms. The molecule has 0 aliphatic carbocycles. The van der Waals surface area contributed by atoms with Crippen molar-refractivity contribution in [3.05, 3.63) is 24.3 Å². The van der Waals surface area contributed by atoms with Crippen LogP contribution in [0.25, 0.3) is 11.3 Å². The first kappa shape index (κ1) is 19.0. The Morgan fingerprint density at radius 2 is 2.10 bits per heavy atom. The smallest absolute Gasteiger partial charge is 0.153 e. The third-order valence-electron chi connectivity index (χ3n) is 4.87. The molecule has 0 radical (unpaired) electrons. The number of aromatic amines is 1. The second-order valence-corrected chi connectivity index (χ2v) is 6.87. The molecule has 0 spiro atoms. The molecule has 150 valence electrons. The first-order valence-electron chi connectivity index (χ1n) is 9.60. The summed E-state index contributed by atoms with van der Waals surface area (Å²) in [7, 11) is 1.64. The molecule has 0 bridgehead atoms. The molecule has 1 saturated heterocycles. The van der Waals surface area contributed by atoms with Crippen LogP contribution in [0.1, 0.15) is 12.8 Å². The van der Waals surface area contributed by atoms with Gasteiger partial charge in [-0.3, -0.25) is 15.1 Å². The van der Waals surface area contributed by atoms with E-state index in [0.717, 1.165) is 42.9 Å². The van der Waals surface area contributed by atoms with E-state index in [0.29, 0.717) is 23.8 Å². The van der Waals surface area contributed by atoms with Crippen LogP contribution in [0.2, 0.25) is 0 Å². The van der Waals surface area contributed by atoms with Gasteiger partial charge in [-0.2, -0.15) is 10.4 Å². The Labute approximate surface area is 168 Å². The number of hydrogen-bond donors (Lipinski definition) is 3. The van der Waals surface area contributed by atoms with Crippen molar-refractivity contribution in [2.24, 2.45) is 9.98 Å². The van der Waals surface area contributed by atoms with E-state index >= 15 is 0 Å². The van der Waals surface area contributed by atoms with Crippen molar-refractivity contribution in [2.75, 3.05) is 32.1 Å². The third kappa shape index (κ3) is 4.55. The van der Waals surface area contributed by atoms with Gasteiger partial charge >= 0.3 is 0 Å². The Hall–Kier alpha value is -3.38. The summed E-state index contributed by atoms with van der Waals surface area (Å²) in [6.07, 6.45) is 3.46. The van der Waals surface area contributed by atoms with Crippen molar-refractivity contribution < 1.29 is 9.47 Å². The number of nitriles is 1. The zero-order valence-electron chi connectivity index (χ0n) is 16.2. The standard InChI is InChI=1S/C20H23N7O2/c1-28-18-8-15(29-14-4-6-22-7-5-14)2-3-16(18)17-9-19(27-26-17)25-20-12-23-13(10-21)11-24-20/h2-3,8-9,11,14,20,22H,4-7,12H2,1H3,(H2,25,26,27). The van der Waals surface area contributed by atoms with Gasteiger partial charge in [0.15, 0.2) is 5.71 Å². The molecule has 4 rings (SSSR count). The van der Waals surface area contributed by atoms with E-state index in [1.807, 2.05) is 30.3 Å². The second-order valence-electron chi connectivity index (χ2n) is 6.87. The highest BCUT2D eigenvalue weighted by molar-refractivity contribution is 6.38. The summed E-state index contributed by atoms with van der Waals surface area (Å²) < 4.78 is 11.7. The molecule has 2 aliphatic rings. The first-order valence-corrected chi connectivity index (χ1v) is 9.60. The highest BCUT2D eigenvalue weighted by Gasteiger charge is 2.17. The molecule has 3 heterocycles. The van der Waals surface area contributed by atoms with Gasteiger partial charge in [-0.15, -0.1) is 0 Å². The van der Waals surface area contributed by atoms with Crippen molar-refractivity contribution in [3.8, 4) is 28.8 Å². The van der Waals surface area contributed by atoms with Gasteiger partial charge in [0.1, 0.15) is 35.7 Å². The number of hydrogen-bond acceptors (Lipinski definition) is 8. The molecule has 0 saturated carbocycles. The van der Waals surface area contributed by atoms with Gasteiger partial charge in [-0.25, -0.2) is 0 Å². The van der Waals surface area contributed by atoms with E-state index in [-0.39, 0.29) is 12.3 Å². The Morgan fingerprint density at radius 1 is 1.24 bits per heavy atom. The molecule has 1 aromatic heterocycles. The zero-order chi connectivity index (χ0) is 20.1. The number of H-pyrrole nitrogens is 1. The molecule has 2 aromatic rings. The molecule has 0 amide bonds.